The molecule has 1 saturated carbocycles. The number of benzene rings is 1. The van der Waals surface area contributed by atoms with E-state index in [1.165, 1.54) is 0 Å². The van der Waals surface area contributed by atoms with Crippen molar-refractivity contribution in [1.29, 1.82) is 0 Å². The molecule has 6 heteroatoms. The summed E-state index contributed by atoms with van der Waals surface area (Å²) in [5, 5.41) is 26.5. The van der Waals surface area contributed by atoms with E-state index in [1.807, 2.05) is 24.3 Å². The summed E-state index contributed by atoms with van der Waals surface area (Å²) in [7, 11) is 0. The molecule has 23 heavy (non-hydrogen) atoms. The normalized spacial score (nSPS) is 17.7. The molecule has 1 aromatic carbocycles. The van der Waals surface area contributed by atoms with Crippen molar-refractivity contribution in [3.8, 4) is 0 Å². The van der Waals surface area contributed by atoms with Crippen molar-refractivity contribution in [2.24, 2.45) is 11.3 Å². The predicted molar refractivity (Wildman–Crippen MR) is 87.3 cm³/mol. The van der Waals surface area contributed by atoms with E-state index in [2.05, 4.69) is 13.8 Å². The zero-order valence-corrected chi connectivity index (χ0v) is 13.8. The molecule has 0 radical (unpaired) electrons. The van der Waals surface area contributed by atoms with Crippen LogP contribution in [-0.2, 0) is 9.59 Å². The lowest BCUT2D eigenvalue weighted by molar-refractivity contribution is -0.134. The van der Waals surface area contributed by atoms with Gasteiger partial charge in [0.2, 0.25) is 0 Å². The minimum atomic E-state index is -1.26. The Hall–Kier alpha value is -1.85. The number of carbonyl (C=O) groups is 2. The van der Waals surface area contributed by atoms with Crippen molar-refractivity contribution in [3.63, 3.8) is 0 Å². The highest BCUT2D eigenvalue weighted by atomic mass is 35.5. The number of hydrogen-bond donors (Lipinski definition) is 3. The van der Waals surface area contributed by atoms with Gasteiger partial charge in [-0.1, -0.05) is 37.6 Å². The minimum Gasteiger partial charge on any atom is -0.478 e. The average molecular weight is 341 g/mol. The van der Waals surface area contributed by atoms with Crippen LogP contribution < -0.4 is 0 Å². The molecule has 1 atom stereocenters. The summed E-state index contributed by atoms with van der Waals surface area (Å²) < 4.78 is 0. The molecule has 3 N–H and O–H groups in total. The molecular formula is C17H21ClO5. The summed E-state index contributed by atoms with van der Waals surface area (Å²) in [6.45, 7) is 4.49. The van der Waals surface area contributed by atoms with Crippen molar-refractivity contribution in [1.82, 2.24) is 0 Å². The van der Waals surface area contributed by atoms with E-state index in [9.17, 15) is 14.7 Å². The summed E-state index contributed by atoms with van der Waals surface area (Å²) in [5.74, 6) is -2.11. The van der Waals surface area contributed by atoms with Gasteiger partial charge < -0.3 is 15.3 Å². The third-order valence-corrected chi connectivity index (χ3v) is 3.87. The lowest BCUT2D eigenvalue weighted by atomic mass is 9.62. The number of halogens is 1. The van der Waals surface area contributed by atoms with Gasteiger partial charge in [0, 0.05) is 17.2 Å². The number of aliphatic hydroxyl groups is 1. The van der Waals surface area contributed by atoms with Gasteiger partial charge in [-0.3, -0.25) is 0 Å². The number of rotatable bonds is 4. The van der Waals surface area contributed by atoms with Crippen molar-refractivity contribution < 1.29 is 24.9 Å². The van der Waals surface area contributed by atoms with Crippen LogP contribution in [0.2, 0.25) is 5.02 Å². The molecule has 2 rings (SSSR count). The van der Waals surface area contributed by atoms with Gasteiger partial charge in [0.15, 0.2) is 0 Å². The van der Waals surface area contributed by atoms with Crippen molar-refractivity contribution >= 4 is 23.5 Å². The van der Waals surface area contributed by atoms with Crippen LogP contribution in [0.5, 0.6) is 0 Å². The summed E-state index contributed by atoms with van der Waals surface area (Å²) in [6.07, 6.45) is 2.96. The second-order valence-electron chi connectivity index (χ2n) is 6.34. The summed E-state index contributed by atoms with van der Waals surface area (Å²) in [6, 6.07) is 7.53. The maximum Gasteiger partial charge on any atom is 0.328 e. The van der Waals surface area contributed by atoms with Crippen LogP contribution in [0.3, 0.4) is 0 Å². The topological polar surface area (TPSA) is 94.8 Å². The smallest absolute Gasteiger partial charge is 0.328 e. The van der Waals surface area contributed by atoms with Crippen LogP contribution in [0.25, 0.3) is 0 Å². The highest BCUT2D eigenvalue weighted by Gasteiger charge is 2.40. The van der Waals surface area contributed by atoms with Gasteiger partial charge in [-0.05, 0) is 41.9 Å². The molecule has 1 fully saturated rings. The lowest BCUT2D eigenvalue weighted by Gasteiger charge is -2.45. The number of aliphatic carboxylic acids is 2. The third kappa shape index (κ3) is 6.84. The van der Waals surface area contributed by atoms with Gasteiger partial charge >= 0.3 is 11.9 Å². The maximum absolute atomic E-state index is 10.1. The summed E-state index contributed by atoms with van der Waals surface area (Å²) in [4.78, 5) is 19.1. The fraction of sp³-hybridized carbons (Fsp3) is 0.412. The average Bonchev–Trinajstić information content (AvgIpc) is 2.42. The molecule has 0 amide bonds. The Morgan fingerprint density at radius 1 is 1.22 bits per heavy atom. The van der Waals surface area contributed by atoms with Gasteiger partial charge in [0.05, 0.1) is 6.10 Å². The number of aliphatic hydroxyl groups excluding tert-OH is 1. The lowest BCUT2D eigenvalue weighted by Crippen LogP contribution is -2.35. The molecular weight excluding hydrogens is 320 g/mol. The SMILES string of the molecule is CC1(C)CC([C@@H](O)c2cccc(Cl)c2)C1.O=C(O)/C=C\C(=O)O. The number of hydrogen-bond acceptors (Lipinski definition) is 3. The van der Waals surface area contributed by atoms with E-state index in [-0.39, 0.29) is 6.10 Å². The molecule has 0 aromatic heterocycles. The van der Waals surface area contributed by atoms with Crippen LogP contribution in [-0.4, -0.2) is 27.3 Å². The first kappa shape index (κ1) is 19.2. The van der Waals surface area contributed by atoms with E-state index in [1.54, 1.807) is 0 Å². The van der Waals surface area contributed by atoms with Gasteiger partial charge in [-0.2, -0.15) is 0 Å². The molecule has 0 heterocycles. The molecule has 0 spiro atoms. The maximum atomic E-state index is 10.1. The van der Waals surface area contributed by atoms with E-state index in [4.69, 9.17) is 21.8 Å². The standard InChI is InChI=1S/C13H17ClO.C4H4O4/c1-13(2)7-10(8-13)12(15)9-4-3-5-11(14)6-9;5-3(6)1-2-4(7)8/h3-6,10,12,15H,7-8H2,1-2H3;1-2H,(H,5,6)(H,7,8)/b;2-1-/t12-;/m0./s1. The first-order chi connectivity index (χ1) is 10.6. The molecule has 0 aliphatic heterocycles. The summed E-state index contributed by atoms with van der Waals surface area (Å²) >= 11 is 5.90. The molecule has 1 aliphatic carbocycles. The van der Waals surface area contributed by atoms with Gasteiger partial charge in [0.1, 0.15) is 0 Å². The second-order valence-corrected chi connectivity index (χ2v) is 6.78. The van der Waals surface area contributed by atoms with Crippen molar-refractivity contribution in [3.05, 3.63) is 47.0 Å². The Balaban J connectivity index is 0.000000284. The van der Waals surface area contributed by atoms with Crippen LogP contribution in [0.1, 0.15) is 38.4 Å². The summed E-state index contributed by atoms with van der Waals surface area (Å²) in [5.41, 5.74) is 1.35. The predicted octanol–water partition coefficient (Wildman–Crippen LogP) is 3.52. The quantitative estimate of drug-likeness (QED) is 0.729. The van der Waals surface area contributed by atoms with Crippen molar-refractivity contribution in [2.75, 3.05) is 0 Å². The van der Waals surface area contributed by atoms with Crippen LogP contribution in [0.15, 0.2) is 36.4 Å². The molecule has 0 bridgehead atoms. The number of carboxylic acid groups (broad SMARTS) is 2. The highest BCUT2D eigenvalue weighted by molar-refractivity contribution is 6.30. The zero-order valence-electron chi connectivity index (χ0n) is 13.1. The third-order valence-electron chi connectivity index (χ3n) is 3.63. The van der Waals surface area contributed by atoms with Crippen molar-refractivity contribution in [2.45, 2.75) is 32.8 Å². The molecule has 126 valence electrons. The first-order valence-electron chi connectivity index (χ1n) is 7.18. The number of carboxylic acids is 2. The fourth-order valence-electron chi connectivity index (χ4n) is 2.69. The molecule has 0 saturated heterocycles. The molecule has 1 aromatic rings. The molecule has 5 nitrogen and oxygen atoms in total. The fourth-order valence-corrected chi connectivity index (χ4v) is 2.89. The van der Waals surface area contributed by atoms with Gasteiger partial charge in [0.25, 0.3) is 0 Å². The van der Waals surface area contributed by atoms with Gasteiger partial charge in [-0.25, -0.2) is 9.59 Å². The Morgan fingerprint density at radius 2 is 1.74 bits per heavy atom. The van der Waals surface area contributed by atoms with E-state index < -0.39 is 11.9 Å². The monoisotopic (exact) mass is 340 g/mol. The zero-order chi connectivity index (χ0) is 17.6. The van der Waals surface area contributed by atoms with E-state index >= 15 is 0 Å². The Morgan fingerprint density at radius 3 is 2.13 bits per heavy atom. The second kappa shape index (κ2) is 8.13. The molecule has 1 aliphatic rings. The Labute approximate surface area is 140 Å². The highest BCUT2D eigenvalue weighted by Crippen LogP contribution is 2.50. The van der Waals surface area contributed by atoms with Gasteiger partial charge in [-0.15, -0.1) is 0 Å². The molecule has 0 unspecified atom stereocenters. The largest absolute Gasteiger partial charge is 0.478 e. The van der Waals surface area contributed by atoms with E-state index in [0.29, 0.717) is 28.5 Å². The first-order valence-corrected chi connectivity index (χ1v) is 7.56. The Bertz CT molecular complexity index is 570. The van der Waals surface area contributed by atoms with Crippen LogP contribution in [0, 0.1) is 11.3 Å². The minimum absolute atomic E-state index is 0.350. The Kier molecular flexibility index (Phi) is 6.79. The van der Waals surface area contributed by atoms with Crippen LogP contribution in [0.4, 0.5) is 0 Å². The van der Waals surface area contributed by atoms with Crippen LogP contribution >= 0.6 is 11.6 Å². The van der Waals surface area contributed by atoms with E-state index in [0.717, 1.165) is 18.4 Å².